The van der Waals surface area contributed by atoms with Crippen molar-refractivity contribution in [1.29, 1.82) is 0 Å². The molecule has 2 aliphatic rings. The molecule has 0 aliphatic heterocycles. The van der Waals surface area contributed by atoms with Gasteiger partial charge in [0.2, 0.25) is 0 Å². The first-order chi connectivity index (χ1) is 14.3. The van der Waals surface area contributed by atoms with Crippen LogP contribution in [0.1, 0.15) is 55.4 Å². The Morgan fingerprint density at radius 2 is 1.76 bits per heavy atom. The molecule has 3 heterocycles. The van der Waals surface area contributed by atoms with Gasteiger partial charge >= 0.3 is 0 Å². The largest absolute Gasteiger partial charge is 0.379 e. The molecule has 0 atom stereocenters. The molecule has 8 heteroatoms. The zero-order chi connectivity index (χ0) is 19.6. The highest BCUT2D eigenvalue weighted by atomic mass is 16.2. The molecule has 0 bridgehead atoms. The first-order valence-electron chi connectivity index (χ1n) is 10.4. The first kappa shape index (κ1) is 17.9. The second-order valence-corrected chi connectivity index (χ2v) is 7.91. The molecule has 0 saturated heterocycles. The smallest absolute Gasteiger partial charge is 0.276 e. The maximum absolute atomic E-state index is 12.9. The Kier molecular flexibility index (Phi) is 4.75. The van der Waals surface area contributed by atoms with Crippen LogP contribution in [0.3, 0.4) is 0 Å². The number of carbonyl (C=O) groups excluding carboxylic acids is 1. The maximum Gasteiger partial charge on any atom is 0.276 e. The number of nitrogens with one attached hydrogen (secondary N) is 3. The average molecular weight is 391 g/mol. The summed E-state index contributed by atoms with van der Waals surface area (Å²) in [6, 6.07) is 6.45. The molecule has 3 aromatic rings. The summed E-state index contributed by atoms with van der Waals surface area (Å²) in [4.78, 5) is 21.3. The zero-order valence-corrected chi connectivity index (χ0v) is 16.3. The van der Waals surface area contributed by atoms with Gasteiger partial charge in [-0.05, 0) is 37.8 Å². The normalized spacial score (nSPS) is 17.2. The molecule has 150 valence electrons. The minimum Gasteiger partial charge on any atom is -0.379 e. The minimum atomic E-state index is -0.247. The van der Waals surface area contributed by atoms with Crippen LogP contribution in [0, 0.1) is 0 Å². The van der Waals surface area contributed by atoms with Gasteiger partial charge < -0.3 is 16.0 Å². The van der Waals surface area contributed by atoms with E-state index < -0.39 is 0 Å². The number of hydrogen-bond acceptors (Lipinski definition) is 6. The van der Waals surface area contributed by atoms with Crippen LogP contribution in [0.5, 0.6) is 0 Å². The maximum atomic E-state index is 12.9. The van der Waals surface area contributed by atoms with Gasteiger partial charge in [-0.25, -0.2) is 9.50 Å². The van der Waals surface area contributed by atoms with E-state index in [1.54, 1.807) is 35.2 Å². The van der Waals surface area contributed by atoms with E-state index in [1.165, 1.54) is 19.3 Å². The number of anilines is 3. The van der Waals surface area contributed by atoms with E-state index >= 15 is 0 Å². The van der Waals surface area contributed by atoms with Gasteiger partial charge in [0.25, 0.3) is 5.91 Å². The summed E-state index contributed by atoms with van der Waals surface area (Å²) in [5.41, 5.74) is 2.69. The molecule has 8 nitrogen and oxygen atoms in total. The number of pyridine rings is 1. The number of hydrogen-bond donors (Lipinski definition) is 3. The van der Waals surface area contributed by atoms with Crippen molar-refractivity contribution in [3.8, 4) is 0 Å². The third-order valence-electron chi connectivity index (χ3n) is 5.53. The topological polar surface area (TPSA) is 96.2 Å². The summed E-state index contributed by atoms with van der Waals surface area (Å²) in [7, 11) is 0. The van der Waals surface area contributed by atoms with Crippen molar-refractivity contribution in [2.75, 3.05) is 16.0 Å². The van der Waals surface area contributed by atoms with Crippen LogP contribution in [0.2, 0.25) is 0 Å². The molecular weight excluding hydrogens is 366 g/mol. The molecule has 2 saturated carbocycles. The Balaban J connectivity index is 1.47. The summed E-state index contributed by atoms with van der Waals surface area (Å²) in [6.07, 6.45) is 13.3. The molecular formula is C21H25N7O. The standard InChI is InChI=1S/C21H25N7O/c29-21(26-16-8-10-22-11-9-16)18-13-23-20-17(24-15-6-7-15)12-19(27-28(18)20)25-14-4-2-1-3-5-14/h8-15,24H,1-7H2,(H,25,27)(H,22,26,29). The molecule has 2 fully saturated rings. The van der Waals surface area contributed by atoms with Gasteiger partial charge in [0.1, 0.15) is 5.82 Å². The third-order valence-corrected chi connectivity index (χ3v) is 5.53. The van der Waals surface area contributed by atoms with Crippen molar-refractivity contribution >= 4 is 28.7 Å². The van der Waals surface area contributed by atoms with E-state index in [2.05, 4.69) is 25.9 Å². The highest BCUT2D eigenvalue weighted by Crippen LogP contribution is 2.29. The minimum absolute atomic E-state index is 0.247. The number of nitrogens with zero attached hydrogens (tertiary/aromatic N) is 4. The summed E-state index contributed by atoms with van der Waals surface area (Å²) >= 11 is 0. The fraction of sp³-hybridized carbons (Fsp3) is 0.429. The number of fused-ring (bicyclic) bond motifs is 1. The number of amides is 1. The monoisotopic (exact) mass is 391 g/mol. The molecule has 0 radical (unpaired) electrons. The van der Waals surface area contributed by atoms with Gasteiger partial charge in [-0.1, -0.05) is 19.3 Å². The van der Waals surface area contributed by atoms with Gasteiger partial charge in [0, 0.05) is 36.2 Å². The number of carbonyl (C=O) groups is 1. The lowest BCUT2D eigenvalue weighted by Crippen LogP contribution is -2.24. The average Bonchev–Trinajstić information content (AvgIpc) is 3.45. The van der Waals surface area contributed by atoms with Crippen molar-refractivity contribution in [2.45, 2.75) is 57.0 Å². The van der Waals surface area contributed by atoms with E-state index in [0.29, 0.717) is 29.1 Å². The highest BCUT2D eigenvalue weighted by molar-refractivity contribution is 6.03. The lowest BCUT2D eigenvalue weighted by molar-refractivity contribution is 0.102. The van der Waals surface area contributed by atoms with Crippen LogP contribution in [-0.2, 0) is 0 Å². The Morgan fingerprint density at radius 3 is 2.52 bits per heavy atom. The zero-order valence-electron chi connectivity index (χ0n) is 16.3. The van der Waals surface area contributed by atoms with Crippen LogP contribution in [-0.4, -0.2) is 37.6 Å². The van der Waals surface area contributed by atoms with E-state index in [-0.39, 0.29) is 5.91 Å². The second kappa shape index (κ2) is 7.69. The molecule has 0 unspecified atom stereocenters. The van der Waals surface area contributed by atoms with Crippen LogP contribution in [0.4, 0.5) is 17.2 Å². The SMILES string of the molecule is O=C(Nc1ccncc1)c1cnc2c(NC3CC3)cc(NC3CCCCC3)nn12. The fourth-order valence-corrected chi connectivity index (χ4v) is 3.83. The molecule has 5 rings (SSSR count). The molecule has 0 spiro atoms. The lowest BCUT2D eigenvalue weighted by atomic mass is 9.95. The molecule has 3 N–H and O–H groups in total. The van der Waals surface area contributed by atoms with E-state index in [0.717, 1.165) is 37.2 Å². The van der Waals surface area contributed by atoms with E-state index in [4.69, 9.17) is 5.10 Å². The second-order valence-electron chi connectivity index (χ2n) is 7.91. The molecule has 1 amide bonds. The highest BCUT2D eigenvalue weighted by Gasteiger charge is 2.24. The van der Waals surface area contributed by atoms with Gasteiger partial charge in [-0.2, -0.15) is 0 Å². The molecule has 3 aromatic heterocycles. The Hall–Kier alpha value is -3.16. The summed E-state index contributed by atoms with van der Waals surface area (Å²) in [6.45, 7) is 0. The molecule has 0 aromatic carbocycles. The Bertz CT molecular complexity index is 1010. The van der Waals surface area contributed by atoms with Gasteiger partial charge in [0.15, 0.2) is 11.3 Å². The first-order valence-corrected chi connectivity index (χ1v) is 10.4. The van der Waals surface area contributed by atoms with Crippen molar-refractivity contribution < 1.29 is 4.79 Å². The van der Waals surface area contributed by atoms with Crippen LogP contribution >= 0.6 is 0 Å². The van der Waals surface area contributed by atoms with E-state index in [1.807, 2.05) is 6.07 Å². The van der Waals surface area contributed by atoms with Crippen molar-refractivity contribution in [3.63, 3.8) is 0 Å². The van der Waals surface area contributed by atoms with Crippen LogP contribution in [0.25, 0.3) is 5.65 Å². The summed E-state index contributed by atoms with van der Waals surface area (Å²) in [5.74, 6) is 0.534. The van der Waals surface area contributed by atoms with Crippen molar-refractivity contribution in [3.05, 3.63) is 42.5 Å². The molecule has 2 aliphatic carbocycles. The van der Waals surface area contributed by atoms with E-state index in [9.17, 15) is 4.79 Å². The number of imidazole rings is 1. The van der Waals surface area contributed by atoms with Gasteiger partial charge in [-0.3, -0.25) is 9.78 Å². The quantitative estimate of drug-likeness (QED) is 0.593. The third kappa shape index (κ3) is 4.01. The summed E-state index contributed by atoms with van der Waals surface area (Å²) in [5, 5.41) is 14.7. The fourth-order valence-electron chi connectivity index (χ4n) is 3.83. The Morgan fingerprint density at radius 1 is 1.00 bits per heavy atom. The van der Waals surface area contributed by atoms with Crippen molar-refractivity contribution in [2.24, 2.45) is 0 Å². The van der Waals surface area contributed by atoms with Crippen LogP contribution in [0.15, 0.2) is 36.8 Å². The van der Waals surface area contributed by atoms with Crippen molar-refractivity contribution in [1.82, 2.24) is 19.6 Å². The van der Waals surface area contributed by atoms with Gasteiger partial charge in [0.05, 0.1) is 11.9 Å². The van der Waals surface area contributed by atoms with Gasteiger partial charge in [-0.15, -0.1) is 5.10 Å². The summed E-state index contributed by atoms with van der Waals surface area (Å²) < 4.78 is 1.65. The van der Waals surface area contributed by atoms with Crippen LogP contribution < -0.4 is 16.0 Å². The lowest BCUT2D eigenvalue weighted by Gasteiger charge is -2.23. The predicted molar refractivity (Wildman–Crippen MR) is 112 cm³/mol. The predicted octanol–water partition coefficient (Wildman–Crippen LogP) is 3.70. The Labute approximate surface area is 169 Å². The number of rotatable bonds is 6. The molecule has 29 heavy (non-hydrogen) atoms. The number of aromatic nitrogens is 4.